The van der Waals surface area contributed by atoms with Gasteiger partial charge in [0.1, 0.15) is 11.5 Å². The number of para-hydroxylation sites is 1. The van der Waals surface area contributed by atoms with E-state index in [4.69, 9.17) is 4.65 Å². The van der Waals surface area contributed by atoms with Gasteiger partial charge in [-0.15, -0.1) is 0 Å². The zero-order valence-corrected chi connectivity index (χ0v) is 20.9. The summed E-state index contributed by atoms with van der Waals surface area (Å²) in [6, 6.07) is 5.50. The minimum absolute atomic E-state index is 0.0752. The molecule has 1 heterocycles. The minimum atomic E-state index is -1.04. The van der Waals surface area contributed by atoms with Crippen molar-refractivity contribution < 1.29 is 19.3 Å². The van der Waals surface area contributed by atoms with Crippen LogP contribution in [0, 0.1) is 17.8 Å². The summed E-state index contributed by atoms with van der Waals surface area (Å²) in [4.78, 5) is 24.8. The van der Waals surface area contributed by atoms with Crippen LogP contribution < -0.4 is 9.97 Å². The lowest BCUT2D eigenvalue weighted by molar-refractivity contribution is -0.120. The number of hydrogen-bond acceptors (Lipinski definition) is 5. The molecule has 4 rings (SSSR count). The molecule has 2 fully saturated rings. The summed E-state index contributed by atoms with van der Waals surface area (Å²) in [5.41, 5.74) is 1.41. The highest BCUT2D eigenvalue weighted by Gasteiger charge is 2.37. The van der Waals surface area contributed by atoms with E-state index in [2.05, 4.69) is 5.32 Å². The van der Waals surface area contributed by atoms with E-state index in [-0.39, 0.29) is 17.4 Å². The second-order valence-electron chi connectivity index (χ2n) is 11.2. The summed E-state index contributed by atoms with van der Waals surface area (Å²) >= 11 is 0. The quantitative estimate of drug-likeness (QED) is 0.259. The van der Waals surface area contributed by atoms with E-state index in [0.717, 1.165) is 37.4 Å². The van der Waals surface area contributed by atoms with Crippen LogP contribution in [-0.2, 0) is 11.2 Å². The maximum Gasteiger partial charge on any atom is 0.526 e. The van der Waals surface area contributed by atoms with Crippen molar-refractivity contribution in [3.8, 4) is 5.75 Å². The Kier molecular flexibility index (Phi) is 9.24. The maximum absolute atomic E-state index is 12.9. The first-order valence-electron chi connectivity index (χ1n) is 13.7. The molecule has 34 heavy (non-hydrogen) atoms. The largest absolute Gasteiger partial charge is 0.535 e. The Morgan fingerprint density at radius 2 is 1.82 bits per heavy atom. The van der Waals surface area contributed by atoms with Gasteiger partial charge < -0.3 is 15.0 Å². The van der Waals surface area contributed by atoms with Crippen LogP contribution >= 0.6 is 0 Å². The Labute approximate surface area is 205 Å². The van der Waals surface area contributed by atoms with Gasteiger partial charge in [0.15, 0.2) is 5.78 Å². The van der Waals surface area contributed by atoms with Crippen molar-refractivity contribution in [2.24, 2.45) is 17.8 Å². The molecule has 2 unspecified atom stereocenters. The van der Waals surface area contributed by atoms with E-state index < -0.39 is 7.12 Å². The fraction of sp³-hybridized carbons (Fsp3) is 0.714. The van der Waals surface area contributed by atoms with E-state index in [1.165, 1.54) is 58.3 Å². The third kappa shape index (κ3) is 6.94. The van der Waals surface area contributed by atoms with Gasteiger partial charge in [0.25, 0.3) is 0 Å². The molecule has 0 aromatic heterocycles. The monoisotopic (exact) mass is 467 g/mol. The van der Waals surface area contributed by atoms with Gasteiger partial charge in [-0.1, -0.05) is 50.7 Å². The van der Waals surface area contributed by atoms with Gasteiger partial charge in [-0.05, 0) is 81.5 Å². The number of carbonyl (C=O) groups is 2. The molecule has 0 bridgehead atoms. The van der Waals surface area contributed by atoms with Gasteiger partial charge in [-0.25, -0.2) is 0 Å². The minimum Gasteiger partial charge on any atom is -0.535 e. The predicted octanol–water partition coefficient (Wildman–Crippen LogP) is 5.39. The Hall–Kier alpha value is -1.66. The van der Waals surface area contributed by atoms with Gasteiger partial charge in [0.05, 0.1) is 5.56 Å². The van der Waals surface area contributed by atoms with Crippen molar-refractivity contribution in [3.63, 3.8) is 0 Å². The number of nitrogens with one attached hydrogen (secondary N) is 1. The predicted molar refractivity (Wildman–Crippen MR) is 136 cm³/mol. The van der Waals surface area contributed by atoms with Crippen molar-refractivity contribution in [1.82, 2.24) is 5.32 Å². The molecule has 0 radical (unpaired) electrons. The Balaban J connectivity index is 1.18. The van der Waals surface area contributed by atoms with Crippen LogP contribution in [0.25, 0.3) is 0 Å². The van der Waals surface area contributed by atoms with Crippen molar-refractivity contribution in [2.75, 3.05) is 13.1 Å². The highest BCUT2D eigenvalue weighted by Crippen LogP contribution is 2.38. The molecule has 3 aliphatic rings. The average Bonchev–Trinajstić information content (AvgIpc) is 3.33. The van der Waals surface area contributed by atoms with Crippen molar-refractivity contribution in [1.29, 1.82) is 0 Å². The van der Waals surface area contributed by atoms with Crippen LogP contribution in [0.2, 0.25) is 5.82 Å². The van der Waals surface area contributed by atoms with Crippen molar-refractivity contribution in [2.45, 2.75) is 96.2 Å². The molecular formula is C28H42BNO4. The lowest BCUT2D eigenvalue weighted by Crippen LogP contribution is -2.36. The molecule has 186 valence electrons. The summed E-state index contributed by atoms with van der Waals surface area (Å²) in [5, 5.41) is 14.2. The Morgan fingerprint density at radius 3 is 2.62 bits per heavy atom. The zero-order chi connectivity index (χ0) is 23.9. The van der Waals surface area contributed by atoms with Gasteiger partial charge in [0.2, 0.25) is 0 Å². The molecule has 0 saturated heterocycles. The summed E-state index contributed by atoms with van der Waals surface area (Å²) in [6.45, 7) is 3.72. The summed E-state index contributed by atoms with van der Waals surface area (Å²) in [5.74, 6) is 2.51. The molecule has 6 heteroatoms. The summed E-state index contributed by atoms with van der Waals surface area (Å²) in [6.07, 6.45) is 14.7. The van der Waals surface area contributed by atoms with Crippen LogP contribution in [0.5, 0.6) is 5.75 Å². The molecule has 3 atom stereocenters. The second-order valence-corrected chi connectivity index (χ2v) is 11.2. The molecule has 1 aliphatic heterocycles. The summed E-state index contributed by atoms with van der Waals surface area (Å²) in [7, 11) is -1.04. The van der Waals surface area contributed by atoms with Crippen LogP contribution in [0.3, 0.4) is 0 Å². The third-order valence-electron chi connectivity index (χ3n) is 8.37. The summed E-state index contributed by atoms with van der Waals surface area (Å²) < 4.78 is 5.72. The molecule has 1 aromatic rings. The fourth-order valence-corrected chi connectivity index (χ4v) is 6.53. The molecule has 0 spiro atoms. The normalized spacial score (nSPS) is 25.1. The molecule has 2 saturated carbocycles. The van der Waals surface area contributed by atoms with Crippen LogP contribution in [0.15, 0.2) is 18.2 Å². The lowest BCUT2D eigenvalue weighted by atomic mass is 9.64. The third-order valence-corrected chi connectivity index (χ3v) is 8.37. The highest BCUT2D eigenvalue weighted by molar-refractivity contribution is 6.47. The Morgan fingerprint density at radius 1 is 1.06 bits per heavy atom. The molecular weight excluding hydrogens is 425 g/mol. The first kappa shape index (κ1) is 25.4. The highest BCUT2D eigenvalue weighted by atomic mass is 16.5. The van der Waals surface area contributed by atoms with E-state index in [1.807, 2.05) is 12.1 Å². The van der Waals surface area contributed by atoms with Gasteiger partial charge in [-0.3, -0.25) is 9.59 Å². The fourth-order valence-electron chi connectivity index (χ4n) is 6.53. The van der Waals surface area contributed by atoms with Gasteiger partial charge in [0, 0.05) is 18.7 Å². The molecule has 0 amide bonds. The SMILES string of the molecule is CC(=O)c1cccc2c1OB(O)[C@@H](CC(=O)CC1CCCC(CNCCCC3CCCC3)C1)C2. The number of fused-ring (bicyclic) bond motifs is 1. The van der Waals surface area contributed by atoms with E-state index in [1.54, 1.807) is 6.07 Å². The smallest absolute Gasteiger partial charge is 0.526 e. The Bertz CT molecular complexity index is 838. The molecule has 5 nitrogen and oxygen atoms in total. The zero-order valence-electron chi connectivity index (χ0n) is 20.9. The first-order chi connectivity index (χ1) is 16.5. The number of carbonyl (C=O) groups excluding carboxylic acids is 2. The number of Topliss-reactive ketones (excluding diaryl/α,β-unsaturated/α-hetero) is 2. The van der Waals surface area contributed by atoms with Crippen LogP contribution in [-0.4, -0.2) is 36.8 Å². The van der Waals surface area contributed by atoms with Gasteiger partial charge in [-0.2, -0.15) is 0 Å². The topological polar surface area (TPSA) is 75.6 Å². The van der Waals surface area contributed by atoms with Crippen molar-refractivity contribution in [3.05, 3.63) is 29.3 Å². The molecule has 1 aromatic carbocycles. The number of ketones is 2. The van der Waals surface area contributed by atoms with E-state index >= 15 is 0 Å². The van der Waals surface area contributed by atoms with E-state index in [0.29, 0.717) is 42.4 Å². The lowest BCUT2D eigenvalue weighted by Gasteiger charge is -2.30. The standard InChI is InChI=1S/C28H42BNO4/c1-20(31)27-13-5-12-24-17-25(29(33)34-28(24)27)18-26(32)16-22-9-4-10-23(15-22)19-30-14-6-11-21-7-2-3-8-21/h5,12-13,21-23,25,30,33H,2-4,6-11,14-19H2,1H3/t22?,23?,25-/m1/s1. The van der Waals surface area contributed by atoms with Crippen LogP contribution in [0.4, 0.5) is 0 Å². The first-order valence-corrected chi connectivity index (χ1v) is 13.7. The maximum atomic E-state index is 12.9. The average molecular weight is 467 g/mol. The van der Waals surface area contributed by atoms with Crippen molar-refractivity contribution >= 4 is 18.7 Å². The number of rotatable bonds is 11. The van der Waals surface area contributed by atoms with E-state index in [9.17, 15) is 14.6 Å². The molecule has 2 N–H and O–H groups in total. The molecule has 2 aliphatic carbocycles. The second kappa shape index (κ2) is 12.3. The van der Waals surface area contributed by atoms with Crippen LogP contribution in [0.1, 0.15) is 99.9 Å². The number of benzene rings is 1. The van der Waals surface area contributed by atoms with Gasteiger partial charge >= 0.3 is 7.12 Å². The number of hydrogen-bond donors (Lipinski definition) is 2.